The summed E-state index contributed by atoms with van der Waals surface area (Å²) in [5.41, 5.74) is 5.89. The number of likely N-dealkylation sites (N-methyl/N-ethyl adjacent to an activating group) is 1. The van der Waals surface area contributed by atoms with Crippen LogP contribution in [-0.2, 0) is 16.0 Å². The van der Waals surface area contributed by atoms with Gasteiger partial charge in [0.1, 0.15) is 11.6 Å². The van der Waals surface area contributed by atoms with Crippen LogP contribution >= 0.6 is 0 Å². The molecule has 19 heavy (non-hydrogen) atoms. The van der Waals surface area contributed by atoms with Crippen LogP contribution in [0.4, 0.5) is 8.78 Å². The standard InChI is InChI=1S/C13H18F2N2O2/c1-17(7-11(16)8-19-2)13(18)5-9-3-4-10(14)6-12(9)15/h3-4,6,11H,5,7-8,16H2,1-2H3. The summed E-state index contributed by atoms with van der Waals surface area (Å²) in [6.07, 6.45) is -0.123. The molecule has 4 nitrogen and oxygen atoms in total. The minimum atomic E-state index is -0.720. The first kappa shape index (κ1) is 15.5. The zero-order valence-corrected chi connectivity index (χ0v) is 11.0. The lowest BCUT2D eigenvalue weighted by atomic mass is 10.1. The molecule has 1 atom stereocenters. The Hall–Kier alpha value is -1.53. The summed E-state index contributed by atoms with van der Waals surface area (Å²) in [6.45, 7) is 0.651. The molecule has 1 aromatic carbocycles. The Morgan fingerprint density at radius 2 is 2.16 bits per heavy atom. The van der Waals surface area contributed by atoms with Crippen molar-refractivity contribution in [2.45, 2.75) is 12.5 Å². The molecule has 0 radical (unpaired) electrons. The number of nitrogens with two attached hydrogens (primary N) is 1. The average Bonchev–Trinajstić information content (AvgIpc) is 2.32. The zero-order chi connectivity index (χ0) is 14.4. The topological polar surface area (TPSA) is 55.6 Å². The summed E-state index contributed by atoms with van der Waals surface area (Å²) in [5.74, 6) is -1.66. The maximum Gasteiger partial charge on any atom is 0.226 e. The number of hydrogen-bond donors (Lipinski definition) is 1. The summed E-state index contributed by atoms with van der Waals surface area (Å²) in [6, 6.07) is 2.87. The van der Waals surface area contributed by atoms with Crippen molar-refractivity contribution in [2.24, 2.45) is 5.73 Å². The molecule has 2 N–H and O–H groups in total. The Kier molecular flexibility index (Phi) is 5.85. The molecular weight excluding hydrogens is 254 g/mol. The zero-order valence-electron chi connectivity index (χ0n) is 11.0. The first-order valence-corrected chi connectivity index (χ1v) is 5.86. The number of rotatable bonds is 6. The van der Waals surface area contributed by atoms with Gasteiger partial charge in [-0.2, -0.15) is 0 Å². The molecule has 0 aliphatic heterocycles. The Balaban J connectivity index is 2.58. The van der Waals surface area contributed by atoms with Crippen molar-refractivity contribution in [1.82, 2.24) is 4.90 Å². The lowest BCUT2D eigenvalue weighted by Gasteiger charge is -2.21. The maximum absolute atomic E-state index is 13.4. The van der Waals surface area contributed by atoms with Gasteiger partial charge in [-0.25, -0.2) is 8.78 Å². The van der Waals surface area contributed by atoms with Crippen LogP contribution in [0.15, 0.2) is 18.2 Å². The minimum Gasteiger partial charge on any atom is -0.383 e. The van der Waals surface area contributed by atoms with Gasteiger partial charge in [0.15, 0.2) is 0 Å². The van der Waals surface area contributed by atoms with E-state index in [1.165, 1.54) is 18.1 Å². The van der Waals surface area contributed by atoms with E-state index >= 15 is 0 Å². The summed E-state index contributed by atoms with van der Waals surface area (Å²) in [4.78, 5) is 13.3. The summed E-state index contributed by atoms with van der Waals surface area (Å²) in [7, 11) is 3.11. The van der Waals surface area contributed by atoms with Gasteiger partial charge in [-0.05, 0) is 11.6 Å². The second-order valence-corrected chi connectivity index (χ2v) is 4.40. The van der Waals surface area contributed by atoms with Gasteiger partial charge < -0.3 is 15.4 Å². The van der Waals surface area contributed by atoms with Gasteiger partial charge in [0.2, 0.25) is 5.91 Å². The van der Waals surface area contributed by atoms with E-state index in [0.29, 0.717) is 13.2 Å². The molecule has 0 aliphatic rings. The fourth-order valence-corrected chi connectivity index (χ4v) is 1.68. The number of carbonyl (C=O) groups excluding carboxylic acids is 1. The monoisotopic (exact) mass is 272 g/mol. The minimum absolute atomic E-state index is 0.123. The van der Waals surface area contributed by atoms with Crippen molar-refractivity contribution in [3.8, 4) is 0 Å². The Morgan fingerprint density at radius 1 is 1.47 bits per heavy atom. The van der Waals surface area contributed by atoms with E-state index < -0.39 is 11.6 Å². The van der Waals surface area contributed by atoms with Gasteiger partial charge in [-0.3, -0.25) is 4.79 Å². The number of carbonyl (C=O) groups is 1. The molecule has 1 aromatic rings. The van der Waals surface area contributed by atoms with Crippen molar-refractivity contribution < 1.29 is 18.3 Å². The number of methoxy groups -OCH3 is 1. The van der Waals surface area contributed by atoms with E-state index in [0.717, 1.165) is 12.1 Å². The number of nitrogens with zero attached hydrogens (tertiary/aromatic N) is 1. The molecule has 0 saturated heterocycles. The second-order valence-electron chi connectivity index (χ2n) is 4.40. The largest absolute Gasteiger partial charge is 0.383 e. The predicted molar refractivity (Wildman–Crippen MR) is 67.6 cm³/mol. The molecule has 1 amide bonds. The van der Waals surface area contributed by atoms with Gasteiger partial charge >= 0.3 is 0 Å². The first-order chi connectivity index (χ1) is 8.93. The molecule has 0 bridgehead atoms. The highest BCUT2D eigenvalue weighted by atomic mass is 19.1. The molecule has 0 saturated carbocycles. The van der Waals surface area contributed by atoms with Crippen LogP contribution in [0.5, 0.6) is 0 Å². The molecule has 1 rings (SSSR count). The average molecular weight is 272 g/mol. The van der Waals surface area contributed by atoms with Crippen molar-refractivity contribution >= 4 is 5.91 Å². The van der Waals surface area contributed by atoms with Crippen LogP contribution in [0.3, 0.4) is 0 Å². The second kappa shape index (κ2) is 7.16. The molecule has 0 spiro atoms. The third-order valence-electron chi connectivity index (χ3n) is 2.67. The molecule has 106 valence electrons. The van der Waals surface area contributed by atoms with E-state index in [-0.39, 0.29) is 23.9 Å². The van der Waals surface area contributed by atoms with Gasteiger partial charge in [0, 0.05) is 32.8 Å². The van der Waals surface area contributed by atoms with E-state index in [4.69, 9.17) is 10.5 Å². The molecule has 0 aliphatic carbocycles. The van der Waals surface area contributed by atoms with Crippen molar-refractivity contribution in [3.05, 3.63) is 35.4 Å². The van der Waals surface area contributed by atoms with E-state index in [9.17, 15) is 13.6 Å². The van der Waals surface area contributed by atoms with Crippen molar-refractivity contribution in [1.29, 1.82) is 0 Å². The third kappa shape index (κ3) is 4.92. The Labute approximate surface area is 111 Å². The fourth-order valence-electron chi connectivity index (χ4n) is 1.68. The number of hydrogen-bond acceptors (Lipinski definition) is 3. The van der Waals surface area contributed by atoms with Crippen LogP contribution in [0.25, 0.3) is 0 Å². The number of halogens is 2. The Morgan fingerprint density at radius 3 is 2.74 bits per heavy atom. The normalized spacial score (nSPS) is 12.3. The summed E-state index contributed by atoms with van der Waals surface area (Å²) < 4.78 is 31.0. The van der Waals surface area contributed by atoms with Gasteiger partial charge in [0.25, 0.3) is 0 Å². The maximum atomic E-state index is 13.4. The van der Waals surface area contributed by atoms with Gasteiger partial charge in [-0.1, -0.05) is 6.07 Å². The molecule has 0 heterocycles. The molecular formula is C13H18F2N2O2. The third-order valence-corrected chi connectivity index (χ3v) is 2.67. The molecule has 0 aromatic heterocycles. The van der Waals surface area contributed by atoms with Crippen molar-refractivity contribution in [3.63, 3.8) is 0 Å². The highest BCUT2D eigenvalue weighted by Crippen LogP contribution is 2.11. The SMILES string of the molecule is COCC(N)CN(C)C(=O)Cc1ccc(F)cc1F. The number of ether oxygens (including phenoxy) is 1. The molecule has 1 unspecified atom stereocenters. The number of benzene rings is 1. The van der Waals surface area contributed by atoms with Crippen LogP contribution in [0.2, 0.25) is 0 Å². The van der Waals surface area contributed by atoms with Crippen molar-refractivity contribution in [2.75, 3.05) is 27.3 Å². The van der Waals surface area contributed by atoms with E-state index in [2.05, 4.69) is 0 Å². The highest BCUT2D eigenvalue weighted by Gasteiger charge is 2.15. The van der Waals surface area contributed by atoms with E-state index in [1.807, 2.05) is 0 Å². The van der Waals surface area contributed by atoms with Crippen LogP contribution in [0.1, 0.15) is 5.56 Å². The van der Waals surface area contributed by atoms with Crippen LogP contribution in [0, 0.1) is 11.6 Å². The van der Waals surface area contributed by atoms with Crippen LogP contribution < -0.4 is 5.73 Å². The number of amides is 1. The van der Waals surface area contributed by atoms with Gasteiger partial charge in [-0.15, -0.1) is 0 Å². The van der Waals surface area contributed by atoms with Gasteiger partial charge in [0.05, 0.1) is 13.0 Å². The quantitative estimate of drug-likeness (QED) is 0.838. The fraction of sp³-hybridized carbons (Fsp3) is 0.462. The first-order valence-electron chi connectivity index (χ1n) is 5.86. The summed E-state index contributed by atoms with van der Waals surface area (Å²) in [5, 5.41) is 0. The molecule has 0 fully saturated rings. The Bertz CT molecular complexity index is 441. The lowest BCUT2D eigenvalue weighted by Crippen LogP contribution is -2.41. The summed E-state index contributed by atoms with van der Waals surface area (Å²) >= 11 is 0. The lowest BCUT2D eigenvalue weighted by molar-refractivity contribution is -0.129. The predicted octanol–water partition coefficient (Wildman–Crippen LogP) is 0.939. The van der Waals surface area contributed by atoms with Crippen LogP contribution in [-0.4, -0.2) is 44.2 Å². The highest BCUT2D eigenvalue weighted by molar-refractivity contribution is 5.78. The molecule has 6 heteroatoms. The smallest absolute Gasteiger partial charge is 0.226 e. The van der Waals surface area contributed by atoms with E-state index in [1.54, 1.807) is 7.05 Å².